The maximum absolute atomic E-state index is 13.3. The number of carbonyl (C=O) groups excluding carboxylic acids is 2. The maximum Gasteiger partial charge on any atom is 0.254 e. The van der Waals surface area contributed by atoms with Gasteiger partial charge >= 0.3 is 0 Å². The van der Waals surface area contributed by atoms with E-state index in [1.54, 1.807) is 4.90 Å². The number of benzene rings is 2. The molecule has 164 valence electrons. The van der Waals surface area contributed by atoms with Gasteiger partial charge in [0.05, 0.1) is 23.5 Å². The number of hydrogen-bond acceptors (Lipinski definition) is 3. The van der Waals surface area contributed by atoms with Crippen LogP contribution in [-0.4, -0.2) is 59.4 Å². The highest BCUT2D eigenvalue weighted by Crippen LogP contribution is 2.33. The molecule has 0 unspecified atom stereocenters. The molecule has 3 heterocycles. The quantitative estimate of drug-likeness (QED) is 0.325. The van der Waals surface area contributed by atoms with E-state index in [0.29, 0.717) is 42.5 Å². The van der Waals surface area contributed by atoms with Gasteiger partial charge in [0.2, 0.25) is 5.91 Å². The maximum atomic E-state index is 13.3. The second kappa shape index (κ2) is 8.61. The summed E-state index contributed by atoms with van der Waals surface area (Å²) in [6.45, 7) is 2.64. The van der Waals surface area contributed by atoms with Gasteiger partial charge in [0.15, 0.2) is 0 Å². The lowest BCUT2D eigenvalue weighted by Gasteiger charge is -2.27. The Labute approximate surface area is 197 Å². The molecule has 0 aliphatic carbocycles. The van der Waals surface area contributed by atoms with E-state index in [9.17, 15) is 9.59 Å². The molecule has 5 rings (SSSR count). The van der Waals surface area contributed by atoms with Crippen molar-refractivity contribution in [1.29, 1.82) is 0 Å². The molecule has 0 atom stereocenters. The number of carbonyl (C=O) groups is 2. The van der Waals surface area contributed by atoms with Gasteiger partial charge in [-0.1, -0.05) is 33.6 Å². The average Bonchev–Trinajstić information content (AvgIpc) is 3.35. The number of hydrogen-bond donors (Lipinski definition) is 4. The molecule has 1 aliphatic rings. The first-order valence-electron chi connectivity index (χ1n) is 10.4. The van der Waals surface area contributed by atoms with Crippen LogP contribution in [0.1, 0.15) is 10.4 Å². The van der Waals surface area contributed by atoms with Gasteiger partial charge < -0.3 is 25.5 Å². The Kier molecular flexibility index (Phi) is 5.67. The number of rotatable bonds is 5. The zero-order valence-corrected chi connectivity index (χ0v) is 19.4. The van der Waals surface area contributed by atoms with Crippen LogP contribution in [0.25, 0.3) is 33.2 Å². The standard InChI is InChI=1S/C23H21BrClN5O2/c24-14-1-3-16-18(11-14)29-22(19-10-13-9-15(25)2-4-17(13)28-19)21(16)23(32)27-6-8-30-7-5-26-12-20(30)31/h1-4,9-11,26,28-29H,5-8,12H2,(H,27,32). The van der Waals surface area contributed by atoms with Crippen LogP contribution in [0.15, 0.2) is 46.9 Å². The zero-order chi connectivity index (χ0) is 22.2. The molecule has 32 heavy (non-hydrogen) atoms. The number of fused-ring (bicyclic) bond motifs is 2. The van der Waals surface area contributed by atoms with Crippen molar-refractivity contribution in [3.63, 3.8) is 0 Å². The molecular weight excluding hydrogens is 494 g/mol. The number of nitrogens with zero attached hydrogens (tertiary/aromatic N) is 1. The predicted octanol–water partition coefficient (Wildman–Crippen LogP) is 3.89. The molecule has 7 nitrogen and oxygen atoms in total. The molecule has 0 radical (unpaired) electrons. The first-order valence-corrected chi connectivity index (χ1v) is 11.5. The highest BCUT2D eigenvalue weighted by Gasteiger charge is 2.22. The smallest absolute Gasteiger partial charge is 0.254 e. The highest BCUT2D eigenvalue weighted by atomic mass is 79.9. The third-order valence-electron chi connectivity index (χ3n) is 5.69. The molecule has 0 bridgehead atoms. The summed E-state index contributed by atoms with van der Waals surface area (Å²) < 4.78 is 0.922. The summed E-state index contributed by atoms with van der Waals surface area (Å²) in [5.74, 6) is -0.132. The van der Waals surface area contributed by atoms with Gasteiger partial charge in [-0.05, 0) is 36.4 Å². The average molecular weight is 515 g/mol. The second-order valence-electron chi connectivity index (χ2n) is 7.79. The van der Waals surface area contributed by atoms with Crippen LogP contribution in [-0.2, 0) is 4.79 Å². The Morgan fingerprint density at radius 2 is 2.00 bits per heavy atom. The van der Waals surface area contributed by atoms with E-state index >= 15 is 0 Å². The minimum atomic E-state index is -0.187. The second-order valence-corrected chi connectivity index (χ2v) is 9.15. The number of piperazine rings is 1. The molecule has 2 amide bonds. The van der Waals surface area contributed by atoms with Crippen molar-refractivity contribution in [3.05, 3.63) is 57.5 Å². The van der Waals surface area contributed by atoms with Gasteiger partial charge in [0, 0.05) is 57.5 Å². The van der Waals surface area contributed by atoms with Crippen molar-refractivity contribution in [3.8, 4) is 11.4 Å². The SMILES string of the molecule is O=C(NCCN1CCNCC1=O)c1c(-c2cc3cc(Cl)ccc3[nH]2)[nH]c2cc(Br)ccc12. The minimum absolute atomic E-state index is 0.0554. The van der Waals surface area contributed by atoms with Gasteiger partial charge in [0.25, 0.3) is 5.91 Å². The van der Waals surface area contributed by atoms with Gasteiger partial charge in [-0.3, -0.25) is 9.59 Å². The fourth-order valence-electron chi connectivity index (χ4n) is 4.12. The highest BCUT2D eigenvalue weighted by molar-refractivity contribution is 9.10. The van der Waals surface area contributed by atoms with Crippen molar-refractivity contribution in [2.45, 2.75) is 0 Å². The van der Waals surface area contributed by atoms with Crippen molar-refractivity contribution >= 4 is 61.2 Å². The molecule has 0 spiro atoms. The lowest BCUT2D eigenvalue weighted by molar-refractivity contribution is -0.131. The summed E-state index contributed by atoms with van der Waals surface area (Å²) in [5, 5.41) is 8.50. The van der Waals surface area contributed by atoms with Crippen LogP contribution in [0.4, 0.5) is 0 Å². The summed E-state index contributed by atoms with van der Waals surface area (Å²) >= 11 is 9.65. The number of amides is 2. The van der Waals surface area contributed by atoms with Crippen LogP contribution >= 0.6 is 27.5 Å². The molecule has 4 N–H and O–H groups in total. The fourth-order valence-corrected chi connectivity index (χ4v) is 4.66. The number of aromatic amines is 2. The number of aromatic nitrogens is 2. The molecule has 4 aromatic rings. The summed E-state index contributed by atoms with van der Waals surface area (Å²) in [7, 11) is 0. The fraction of sp³-hybridized carbons (Fsp3) is 0.217. The van der Waals surface area contributed by atoms with Crippen LogP contribution in [0.5, 0.6) is 0 Å². The summed E-state index contributed by atoms with van der Waals surface area (Å²) in [5.41, 5.74) is 3.87. The van der Waals surface area contributed by atoms with Crippen LogP contribution in [0, 0.1) is 0 Å². The van der Waals surface area contributed by atoms with Crippen LogP contribution in [0.2, 0.25) is 5.02 Å². The predicted molar refractivity (Wildman–Crippen MR) is 130 cm³/mol. The van der Waals surface area contributed by atoms with Gasteiger partial charge in [-0.15, -0.1) is 0 Å². The molecular formula is C23H21BrClN5O2. The molecule has 1 fully saturated rings. The van der Waals surface area contributed by atoms with E-state index in [-0.39, 0.29) is 11.8 Å². The largest absolute Gasteiger partial charge is 0.353 e. The van der Waals surface area contributed by atoms with E-state index in [2.05, 4.69) is 36.5 Å². The first kappa shape index (κ1) is 21.1. The molecule has 1 aliphatic heterocycles. The molecule has 9 heteroatoms. The minimum Gasteiger partial charge on any atom is -0.353 e. The topological polar surface area (TPSA) is 93.0 Å². The van der Waals surface area contributed by atoms with E-state index in [0.717, 1.165) is 38.5 Å². The Morgan fingerprint density at radius 1 is 1.12 bits per heavy atom. The van der Waals surface area contributed by atoms with Crippen molar-refractivity contribution < 1.29 is 9.59 Å². The number of H-pyrrole nitrogens is 2. The van der Waals surface area contributed by atoms with Crippen molar-refractivity contribution in [2.24, 2.45) is 0 Å². The normalized spacial score (nSPS) is 14.4. The Balaban J connectivity index is 1.47. The Morgan fingerprint density at radius 3 is 2.84 bits per heavy atom. The van der Waals surface area contributed by atoms with E-state index in [1.165, 1.54) is 0 Å². The van der Waals surface area contributed by atoms with Crippen LogP contribution < -0.4 is 10.6 Å². The first-order chi connectivity index (χ1) is 15.5. The van der Waals surface area contributed by atoms with Gasteiger partial charge in [0.1, 0.15) is 0 Å². The molecule has 2 aromatic carbocycles. The summed E-state index contributed by atoms with van der Waals surface area (Å²) in [6.07, 6.45) is 0. The zero-order valence-electron chi connectivity index (χ0n) is 17.1. The molecule has 0 saturated carbocycles. The number of nitrogens with one attached hydrogen (secondary N) is 4. The molecule has 1 saturated heterocycles. The number of halogens is 2. The van der Waals surface area contributed by atoms with Gasteiger partial charge in [-0.2, -0.15) is 0 Å². The molecule has 2 aromatic heterocycles. The van der Waals surface area contributed by atoms with E-state index < -0.39 is 0 Å². The van der Waals surface area contributed by atoms with Crippen LogP contribution in [0.3, 0.4) is 0 Å². The Bertz CT molecular complexity index is 1350. The van der Waals surface area contributed by atoms with Crippen molar-refractivity contribution in [1.82, 2.24) is 25.5 Å². The third-order valence-corrected chi connectivity index (χ3v) is 6.42. The van der Waals surface area contributed by atoms with Crippen molar-refractivity contribution in [2.75, 3.05) is 32.7 Å². The summed E-state index contributed by atoms with van der Waals surface area (Å²) in [6, 6.07) is 13.4. The lowest BCUT2D eigenvalue weighted by Crippen LogP contribution is -2.50. The third kappa shape index (κ3) is 4.01. The van der Waals surface area contributed by atoms with Gasteiger partial charge in [-0.25, -0.2) is 0 Å². The summed E-state index contributed by atoms with van der Waals surface area (Å²) in [4.78, 5) is 33.8. The van der Waals surface area contributed by atoms with E-state index in [4.69, 9.17) is 11.6 Å². The monoisotopic (exact) mass is 513 g/mol. The Hall–Kier alpha value is -2.81. The van der Waals surface area contributed by atoms with E-state index in [1.807, 2.05) is 42.5 Å². The lowest BCUT2D eigenvalue weighted by atomic mass is 10.1.